The van der Waals surface area contributed by atoms with Crippen molar-refractivity contribution in [3.8, 4) is 17.0 Å². The Labute approximate surface area is 182 Å². The van der Waals surface area contributed by atoms with Crippen LogP contribution in [0.4, 0.5) is 0 Å². The number of aromatic nitrogens is 2. The van der Waals surface area contributed by atoms with Crippen LogP contribution in [0.2, 0.25) is 0 Å². The zero-order valence-corrected chi connectivity index (χ0v) is 18.9. The van der Waals surface area contributed by atoms with Gasteiger partial charge in [-0.15, -0.1) is 0 Å². The molecule has 1 unspecified atom stereocenters. The molecule has 1 saturated heterocycles. The van der Waals surface area contributed by atoms with Crippen molar-refractivity contribution in [2.24, 2.45) is 12.8 Å². The molecule has 2 heterocycles. The monoisotopic (exact) mass is 450 g/mol. The summed E-state index contributed by atoms with van der Waals surface area (Å²) in [6.45, 7) is 3.01. The maximum Gasteiger partial charge on any atom is 0.320 e. The van der Waals surface area contributed by atoms with Crippen LogP contribution in [0.15, 0.2) is 24.4 Å². The Morgan fingerprint density at radius 1 is 1.35 bits per heavy atom. The van der Waals surface area contributed by atoms with Crippen LogP contribution in [0, 0.1) is 6.92 Å². The van der Waals surface area contributed by atoms with Gasteiger partial charge in [0.1, 0.15) is 11.6 Å². The highest BCUT2D eigenvalue weighted by molar-refractivity contribution is 7.61. The second-order valence-corrected chi connectivity index (χ2v) is 11.0. The fourth-order valence-electron chi connectivity index (χ4n) is 4.26. The number of carboxylic acids is 1. The van der Waals surface area contributed by atoms with Gasteiger partial charge in [-0.25, -0.2) is 4.98 Å². The van der Waals surface area contributed by atoms with Crippen molar-refractivity contribution in [2.75, 3.05) is 25.8 Å². The first-order valence-corrected chi connectivity index (χ1v) is 12.2. The Kier molecular flexibility index (Phi) is 6.91. The molecule has 1 fully saturated rings. The number of phenols is 1. The van der Waals surface area contributed by atoms with Crippen LogP contribution in [-0.2, 0) is 23.0 Å². The number of hydrogen-bond donors (Lipinski definition) is 4. The molecule has 1 aromatic heterocycles. The Morgan fingerprint density at radius 3 is 2.71 bits per heavy atom. The van der Waals surface area contributed by atoms with E-state index in [-0.39, 0.29) is 24.9 Å². The molecule has 0 amide bonds. The van der Waals surface area contributed by atoms with Crippen LogP contribution in [0.25, 0.3) is 11.3 Å². The third-order valence-electron chi connectivity index (χ3n) is 6.30. The summed E-state index contributed by atoms with van der Waals surface area (Å²) in [6.07, 6.45) is 2.88. The minimum absolute atomic E-state index is 0.00852. The maximum absolute atomic E-state index is 13.0. The van der Waals surface area contributed by atoms with Crippen molar-refractivity contribution in [3.63, 3.8) is 0 Å². The molecule has 0 radical (unpaired) electrons. The lowest BCUT2D eigenvalue weighted by Crippen LogP contribution is -2.53. The molecular formula is C21H31N4O5P. The molecule has 3 rings (SSSR count). The third kappa shape index (κ3) is 4.55. The zero-order valence-electron chi connectivity index (χ0n) is 18.0. The van der Waals surface area contributed by atoms with Gasteiger partial charge in [0, 0.05) is 38.4 Å². The highest BCUT2D eigenvalue weighted by Gasteiger charge is 2.56. The van der Waals surface area contributed by atoms with E-state index in [1.165, 1.54) is 0 Å². The molecule has 0 spiro atoms. The summed E-state index contributed by atoms with van der Waals surface area (Å²) in [5.74, 6) is -0.278. The summed E-state index contributed by atoms with van der Waals surface area (Å²) in [4.78, 5) is 29.1. The van der Waals surface area contributed by atoms with E-state index in [0.717, 1.165) is 22.6 Å². The van der Waals surface area contributed by atoms with Gasteiger partial charge in [0.15, 0.2) is 5.16 Å². The van der Waals surface area contributed by atoms with Crippen LogP contribution >= 0.6 is 7.37 Å². The van der Waals surface area contributed by atoms with Gasteiger partial charge >= 0.3 is 5.97 Å². The Balaban J connectivity index is 1.92. The molecule has 9 nitrogen and oxygen atoms in total. The number of aliphatic carboxylic acids is 1. The second-order valence-electron chi connectivity index (χ2n) is 8.31. The molecule has 0 saturated carbocycles. The van der Waals surface area contributed by atoms with E-state index in [1.54, 1.807) is 24.4 Å². The number of aromatic hydroxyl groups is 1. The van der Waals surface area contributed by atoms with Crippen molar-refractivity contribution in [2.45, 2.75) is 37.9 Å². The zero-order chi connectivity index (χ0) is 22.8. The summed E-state index contributed by atoms with van der Waals surface area (Å²) >= 11 is 0. The van der Waals surface area contributed by atoms with E-state index in [9.17, 15) is 24.5 Å². The molecular weight excluding hydrogens is 419 g/mol. The number of imidazole rings is 1. The van der Waals surface area contributed by atoms with E-state index < -0.39 is 18.5 Å². The lowest BCUT2D eigenvalue weighted by atomic mass is 9.98. The SMILES string of the molecule is Cc1ncc(-c2cc(O)ccc2CN2CCP(=O)(O)[C@](CCCCN)(C(=O)O)C2)n1C. The van der Waals surface area contributed by atoms with Crippen LogP contribution in [0.1, 0.15) is 30.7 Å². The summed E-state index contributed by atoms with van der Waals surface area (Å²) in [5, 5.41) is 18.3. The molecule has 2 atom stereocenters. The van der Waals surface area contributed by atoms with E-state index in [0.29, 0.717) is 32.5 Å². The largest absolute Gasteiger partial charge is 0.508 e. The number of carboxylic acid groups (broad SMARTS) is 1. The number of hydrogen-bond acceptors (Lipinski definition) is 6. The average Bonchev–Trinajstić information content (AvgIpc) is 3.04. The van der Waals surface area contributed by atoms with E-state index in [4.69, 9.17) is 5.73 Å². The summed E-state index contributed by atoms with van der Waals surface area (Å²) in [5.41, 5.74) is 8.06. The first-order valence-electron chi connectivity index (χ1n) is 10.4. The molecule has 1 aromatic carbocycles. The molecule has 10 heteroatoms. The molecule has 1 aliphatic rings. The minimum Gasteiger partial charge on any atom is -0.508 e. The number of carbonyl (C=O) groups is 1. The minimum atomic E-state index is -3.88. The number of phenolic OH excluding ortho intramolecular Hbond substituents is 1. The Hall–Kier alpha value is -2.19. The molecule has 0 aliphatic carbocycles. The lowest BCUT2D eigenvalue weighted by molar-refractivity contribution is -0.141. The standard InChI is InChI=1S/C21H31N4O5P/c1-15-23-12-19(24(15)2)18-11-17(26)6-5-16(18)13-25-9-10-31(29,30)21(14-25,20(27)28)7-3-4-8-22/h5-6,11-12,26H,3-4,7-10,13-14,22H2,1-2H3,(H,27,28)(H,29,30)/t21-/m0/s1. The predicted octanol–water partition coefficient (Wildman–Crippen LogP) is 2.14. The Morgan fingerprint density at radius 2 is 2.10 bits per heavy atom. The summed E-state index contributed by atoms with van der Waals surface area (Å²) < 4.78 is 14.9. The van der Waals surface area contributed by atoms with Crippen LogP contribution in [0.5, 0.6) is 5.75 Å². The average molecular weight is 450 g/mol. The molecule has 5 N–H and O–H groups in total. The van der Waals surface area contributed by atoms with Gasteiger partial charge in [0.25, 0.3) is 0 Å². The van der Waals surface area contributed by atoms with E-state index in [2.05, 4.69) is 4.98 Å². The number of benzene rings is 1. The number of rotatable bonds is 8. The number of nitrogens with two attached hydrogens (primary N) is 1. The molecule has 2 aromatic rings. The van der Waals surface area contributed by atoms with Gasteiger partial charge < -0.3 is 25.4 Å². The predicted molar refractivity (Wildman–Crippen MR) is 118 cm³/mol. The maximum atomic E-state index is 13.0. The van der Waals surface area contributed by atoms with Crippen molar-refractivity contribution in [3.05, 3.63) is 35.8 Å². The summed E-state index contributed by atoms with van der Waals surface area (Å²) in [7, 11) is -1.99. The molecule has 0 bridgehead atoms. The molecule has 31 heavy (non-hydrogen) atoms. The van der Waals surface area contributed by atoms with Gasteiger partial charge in [-0.3, -0.25) is 14.3 Å². The van der Waals surface area contributed by atoms with Crippen molar-refractivity contribution < 1.29 is 24.5 Å². The van der Waals surface area contributed by atoms with Gasteiger partial charge in [0.2, 0.25) is 7.37 Å². The van der Waals surface area contributed by atoms with Crippen molar-refractivity contribution >= 4 is 13.3 Å². The first kappa shape index (κ1) is 23.5. The van der Waals surface area contributed by atoms with Crippen LogP contribution < -0.4 is 5.73 Å². The van der Waals surface area contributed by atoms with Crippen molar-refractivity contribution in [1.29, 1.82) is 0 Å². The van der Waals surface area contributed by atoms with E-state index >= 15 is 0 Å². The van der Waals surface area contributed by atoms with Gasteiger partial charge in [0.05, 0.1) is 11.9 Å². The number of aryl methyl sites for hydroxylation is 1. The first-order chi connectivity index (χ1) is 14.6. The van der Waals surface area contributed by atoms with Crippen LogP contribution in [0.3, 0.4) is 0 Å². The second kappa shape index (κ2) is 9.12. The quantitative estimate of drug-likeness (QED) is 0.354. The molecule has 1 aliphatic heterocycles. The highest BCUT2D eigenvalue weighted by Crippen LogP contribution is 2.59. The van der Waals surface area contributed by atoms with E-state index in [1.807, 2.05) is 23.4 Å². The topological polar surface area (TPSA) is 142 Å². The fraction of sp³-hybridized carbons (Fsp3) is 0.524. The Bertz CT molecular complexity index is 1010. The highest BCUT2D eigenvalue weighted by atomic mass is 31.2. The smallest absolute Gasteiger partial charge is 0.320 e. The van der Waals surface area contributed by atoms with Crippen LogP contribution in [-0.4, -0.2) is 66.5 Å². The van der Waals surface area contributed by atoms with Gasteiger partial charge in [-0.05, 0) is 44.0 Å². The lowest BCUT2D eigenvalue weighted by Gasteiger charge is -2.43. The third-order valence-corrected chi connectivity index (χ3v) is 9.00. The van der Waals surface area contributed by atoms with Gasteiger partial charge in [-0.2, -0.15) is 0 Å². The van der Waals surface area contributed by atoms with Crippen molar-refractivity contribution in [1.82, 2.24) is 14.5 Å². The number of unbranched alkanes of at least 4 members (excludes halogenated alkanes) is 1. The summed E-state index contributed by atoms with van der Waals surface area (Å²) in [6, 6.07) is 5.06. The van der Waals surface area contributed by atoms with Gasteiger partial charge in [-0.1, -0.05) is 12.5 Å². The molecule has 170 valence electrons. The normalized spacial score (nSPS) is 24.4. The number of nitrogens with zero attached hydrogens (tertiary/aromatic N) is 3. The fourth-order valence-corrected chi connectivity index (χ4v) is 6.47.